The van der Waals surface area contributed by atoms with Gasteiger partial charge in [0.05, 0.1) is 45.7 Å². The molecular weight excluding hydrogens is 1320 g/mol. The Kier molecular flexibility index (Phi) is 32.0. The van der Waals surface area contributed by atoms with Crippen molar-refractivity contribution in [2.24, 2.45) is 0 Å². The average molecular weight is 1430 g/mol. The molecule has 99 heavy (non-hydrogen) atoms. The zero-order valence-corrected chi connectivity index (χ0v) is 56.4. The molecule has 6 heterocycles. The summed E-state index contributed by atoms with van der Waals surface area (Å²) in [5.41, 5.74) is 0.0622. The van der Waals surface area contributed by atoms with Gasteiger partial charge in [-0.2, -0.15) is 0 Å². The van der Waals surface area contributed by atoms with Gasteiger partial charge in [-0.15, -0.1) is 0 Å². The fraction of sp³-hybridized carbons (Fsp3) is 0.825. The number of hydrogen-bond acceptors (Lipinski definition) is 31. The Hall–Kier alpha value is -4.63. The van der Waals surface area contributed by atoms with E-state index in [1.54, 1.807) is 12.1 Å². The van der Waals surface area contributed by atoms with E-state index in [1.165, 1.54) is 58.3 Å². The number of hydrogen-bond donors (Lipinski definition) is 18. The smallest absolute Gasteiger partial charge is 0.251 e. The molecule has 30 atom stereocenters. The molecule has 7 rings (SSSR count). The molecule has 6 aliphatic rings. The molecule has 0 aliphatic carbocycles. The molecule has 5 amide bonds. The molecule has 1 aromatic carbocycles. The summed E-state index contributed by atoms with van der Waals surface area (Å²) >= 11 is 0. The fourth-order valence-corrected chi connectivity index (χ4v) is 13.0. The van der Waals surface area contributed by atoms with E-state index in [-0.39, 0.29) is 5.56 Å². The van der Waals surface area contributed by atoms with Crippen LogP contribution in [0.4, 0.5) is 0 Å². The Morgan fingerprint density at radius 2 is 0.838 bits per heavy atom. The van der Waals surface area contributed by atoms with Crippen molar-refractivity contribution in [3.63, 3.8) is 0 Å². The van der Waals surface area contributed by atoms with Crippen LogP contribution < -0.4 is 31.3 Å². The minimum absolute atomic E-state index is 0.0622. The molecule has 0 bridgehead atoms. The van der Waals surface area contributed by atoms with E-state index in [2.05, 4.69) is 33.5 Å². The molecule has 0 radical (unpaired) electrons. The molecule has 14 unspecified atom stereocenters. The van der Waals surface area contributed by atoms with Crippen molar-refractivity contribution in [2.75, 3.05) is 46.8 Å². The Labute approximate surface area is 572 Å². The lowest BCUT2D eigenvalue weighted by Gasteiger charge is -2.51. The van der Waals surface area contributed by atoms with Crippen LogP contribution in [0.1, 0.15) is 110 Å². The second-order valence-corrected chi connectivity index (χ2v) is 25.6. The number of unbranched alkanes of at least 4 members (excludes halogenated alkanes) is 8. The summed E-state index contributed by atoms with van der Waals surface area (Å²) in [5.74, 6) is -3.63. The maximum absolute atomic E-state index is 14.0. The zero-order valence-electron chi connectivity index (χ0n) is 56.4. The third-order valence-corrected chi connectivity index (χ3v) is 18.2. The lowest BCUT2D eigenvalue weighted by Crippen LogP contribution is -2.72. The topological polar surface area (TPSA) is 528 Å². The van der Waals surface area contributed by atoms with E-state index in [0.717, 1.165) is 53.4 Å². The van der Waals surface area contributed by atoms with Gasteiger partial charge in [-0.3, -0.25) is 24.0 Å². The van der Waals surface area contributed by atoms with Gasteiger partial charge < -0.3 is 155 Å². The van der Waals surface area contributed by atoms with Crippen LogP contribution in [0, 0.1) is 0 Å². The summed E-state index contributed by atoms with van der Waals surface area (Å²) in [6, 6.07) is -2.38. The maximum Gasteiger partial charge on any atom is 0.251 e. The first-order chi connectivity index (χ1) is 47.2. The van der Waals surface area contributed by atoms with Gasteiger partial charge in [-0.25, -0.2) is 0 Å². The molecule has 0 saturated carbocycles. The number of amides is 5. The SMILES string of the molecule is CCCCCCCCCCCOc1cccc(C(=O)N[C@@H]2C(O[C@H]3C(O)C(NC(C)=O)[C@H](OC4C(CO)O[C@@H](O[C@H]5C(O)C(NC(C)=O)C(OC6C(CO[C@@H]7OC(C)C(O)[C@H](O)[C@H]7OC)OC(O)[C@@H](NC(C)=O)[C@H]6O)O[C@H]5CO)[C@@H](NC(C)=O)[C@H]4O)O[C@H]3CO)OC(CO)[C@@H](O)[C@@H]2O)c1. The Balaban J connectivity index is 1.07. The average Bonchev–Trinajstić information content (AvgIpc) is 0.771. The Morgan fingerprint density at radius 3 is 1.27 bits per heavy atom. The van der Waals surface area contributed by atoms with Gasteiger partial charge in [0, 0.05) is 40.4 Å². The van der Waals surface area contributed by atoms with Gasteiger partial charge in [0.15, 0.2) is 37.7 Å². The van der Waals surface area contributed by atoms with Crippen molar-refractivity contribution in [2.45, 2.75) is 283 Å². The third-order valence-electron chi connectivity index (χ3n) is 18.2. The molecular formula is C63H103N5O31. The Bertz CT molecular complexity index is 2680. The normalized spacial score (nSPS) is 39.5. The highest BCUT2D eigenvalue weighted by atomic mass is 16.8. The summed E-state index contributed by atoms with van der Waals surface area (Å²) in [4.78, 5) is 65.1. The number of ether oxygens (including phenoxy) is 13. The maximum atomic E-state index is 14.0. The summed E-state index contributed by atoms with van der Waals surface area (Å²) in [6.07, 6.45) is -33.4. The first-order valence-corrected chi connectivity index (χ1v) is 33.6. The van der Waals surface area contributed by atoms with Crippen LogP contribution in [0.2, 0.25) is 0 Å². The zero-order chi connectivity index (χ0) is 72.5. The van der Waals surface area contributed by atoms with Crippen LogP contribution in [-0.2, 0) is 76.0 Å². The molecule has 566 valence electrons. The summed E-state index contributed by atoms with van der Waals surface area (Å²) in [6.45, 7) is 3.61. The van der Waals surface area contributed by atoms with Crippen molar-refractivity contribution in [3.8, 4) is 5.75 Å². The second kappa shape index (κ2) is 38.8. The summed E-state index contributed by atoms with van der Waals surface area (Å²) < 4.78 is 78.0. The van der Waals surface area contributed by atoms with E-state index in [4.69, 9.17) is 61.6 Å². The molecule has 18 N–H and O–H groups in total. The summed E-state index contributed by atoms with van der Waals surface area (Å²) in [7, 11) is 1.21. The van der Waals surface area contributed by atoms with Crippen molar-refractivity contribution in [1.29, 1.82) is 0 Å². The highest BCUT2D eigenvalue weighted by Gasteiger charge is 2.58. The highest BCUT2D eigenvalue weighted by molar-refractivity contribution is 5.94. The number of nitrogens with one attached hydrogen (secondary N) is 5. The first-order valence-electron chi connectivity index (χ1n) is 33.6. The quantitative estimate of drug-likeness (QED) is 0.0291. The number of carbonyl (C=O) groups is 5. The molecule has 6 aliphatic heterocycles. The molecule has 36 heteroatoms. The van der Waals surface area contributed by atoms with Gasteiger partial charge in [0.25, 0.3) is 5.91 Å². The lowest BCUT2D eigenvalue weighted by atomic mass is 9.93. The molecule has 0 aromatic heterocycles. The van der Waals surface area contributed by atoms with Crippen LogP contribution in [0.15, 0.2) is 24.3 Å². The predicted octanol–water partition coefficient (Wildman–Crippen LogP) is -6.50. The van der Waals surface area contributed by atoms with Crippen LogP contribution in [0.5, 0.6) is 5.75 Å². The molecule has 6 saturated heterocycles. The van der Waals surface area contributed by atoms with Crippen molar-refractivity contribution >= 4 is 29.5 Å². The van der Waals surface area contributed by atoms with E-state index in [0.29, 0.717) is 12.4 Å². The minimum atomic E-state index is -2.06. The van der Waals surface area contributed by atoms with Crippen molar-refractivity contribution < 1.29 is 152 Å². The van der Waals surface area contributed by atoms with E-state index >= 15 is 0 Å². The standard InChI is InChI=1S/C63H103N5O31/c1-8-9-10-11-12-13-14-15-16-20-88-33-19-17-18-32(21-33)57(85)68-40-46(79)45(78)34(22-69)92-59(40)96-52-35(23-70)93-60(41(48(52)81)65-29(4)74)97-53-36(24-71)94-61(42(49(53)82)66-30(5)75)98-54-37(25-72)95-62(43(50(54)83)67-31(6)76)99-55-38(91-58(86)39(47(55)80)64-28(3)73)26-89-63-56(87-7)51(84)44(77)27(2)90-63/h17-19,21,27,34-56,58-63,69-72,77-84,86H,8-16,20,22-26H2,1-7H3,(H,64,73)(H,65,74)(H,66,75)(H,67,76)(H,68,85)/t27?,34?,35-,36?,37-,38?,39-,40-,41?,42-,43?,44?,45+,46+,47+,48?,49+,50?,51-,52+,53?,54+,55?,56+,58?,59?,60-,61-,62?,63+/m0/s1. The highest BCUT2D eigenvalue weighted by Crippen LogP contribution is 2.37. The third kappa shape index (κ3) is 21.1. The largest absolute Gasteiger partial charge is 0.494 e. The molecule has 0 spiro atoms. The number of rotatable bonds is 33. The van der Waals surface area contributed by atoms with Crippen LogP contribution in [-0.4, -0.2) is 327 Å². The number of carbonyl (C=O) groups excluding carboxylic acids is 5. The number of methoxy groups -OCH3 is 1. The fourth-order valence-electron chi connectivity index (χ4n) is 13.0. The predicted molar refractivity (Wildman–Crippen MR) is 333 cm³/mol. The van der Waals surface area contributed by atoms with Gasteiger partial charge in [0.2, 0.25) is 23.6 Å². The lowest BCUT2D eigenvalue weighted by molar-refractivity contribution is -0.368. The molecule has 36 nitrogen and oxygen atoms in total. The second-order valence-electron chi connectivity index (χ2n) is 25.6. The van der Waals surface area contributed by atoms with Crippen LogP contribution in [0.3, 0.4) is 0 Å². The van der Waals surface area contributed by atoms with E-state index in [1.807, 2.05) is 0 Å². The number of benzene rings is 1. The Morgan fingerprint density at radius 1 is 0.434 bits per heavy atom. The molecule has 6 fully saturated rings. The van der Waals surface area contributed by atoms with E-state index < -0.39 is 246 Å². The van der Waals surface area contributed by atoms with Gasteiger partial charge in [-0.1, -0.05) is 64.4 Å². The molecule has 1 aromatic rings. The minimum Gasteiger partial charge on any atom is -0.494 e. The summed E-state index contributed by atoms with van der Waals surface area (Å²) in [5, 5.41) is 159. The van der Waals surface area contributed by atoms with Crippen LogP contribution in [0.25, 0.3) is 0 Å². The van der Waals surface area contributed by atoms with Crippen molar-refractivity contribution in [1.82, 2.24) is 26.6 Å². The van der Waals surface area contributed by atoms with Crippen molar-refractivity contribution in [3.05, 3.63) is 29.8 Å². The number of aliphatic hydroxyl groups is 13. The van der Waals surface area contributed by atoms with E-state index in [9.17, 15) is 90.4 Å². The van der Waals surface area contributed by atoms with Gasteiger partial charge in [-0.05, 0) is 31.5 Å². The van der Waals surface area contributed by atoms with Gasteiger partial charge >= 0.3 is 0 Å². The van der Waals surface area contributed by atoms with Crippen LogP contribution >= 0.6 is 0 Å². The monoisotopic (exact) mass is 1430 g/mol. The number of aliphatic hydroxyl groups excluding tert-OH is 13. The van der Waals surface area contributed by atoms with Gasteiger partial charge in [0.1, 0.15) is 146 Å². The first kappa shape index (κ1) is 81.7.